The van der Waals surface area contributed by atoms with Crippen molar-refractivity contribution in [2.24, 2.45) is 0 Å². The van der Waals surface area contributed by atoms with Crippen molar-refractivity contribution in [2.75, 3.05) is 19.7 Å². The van der Waals surface area contributed by atoms with Crippen LogP contribution < -0.4 is 5.43 Å². The summed E-state index contributed by atoms with van der Waals surface area (Å²) in [6.07, 6.45) is 4.09. The van der Waals surface area contributed by atoms with Crippen molar-refractivity contribution in [2.45, 2.75) is 30.9 Å². The average molecular weight is 219 g/mol. The fraction of sp³-hybridized carbons (Fsp3) is 1.00. The topological polar surface area (TPSA) is 48.0 Å². The molecule has 6 heteroatoms. The molecule has 0 spiro atoms. The third-order valence-corrected chi connectivity index (χ3v) is 3.30. The van der Waals surface area contributed by atoms with E-state index >= 15 is 0 Å². The van der Waals surface area contributed by atoms with E-state index in [1.807, 2.05) is 0 Å². The highest BCUT2D eigenvalue weighted by atomic mass is 32.1. The van der Waals surface area contributed by atoms with E-state index in [1.165, 1.54) is 12.8 Å². The first-order valence-electron chi connectivity index (χ1n) is 5.06. The number of hydrogen-bond donors (Lipinski definition) is 3. The second-order valence-corrected chi connectivity index (χ2v) is 4.23. The van der Waals surface area contributed by atoms with Gasteiger partial charge < -0.3 is 0 Å². The Morgan fingerprint density at radius 2 is 2.36 bits per heavy atom. The zero-order valence-corrected chi connectivity index (χ0v) is 8.99. The Morgan fingerprint density at radius 1 is 1.50 bits per heavy atom. The van der Waals surface area contributed by atoms with Crippen LogP contribution in [0.4, 0.5) is 0 Å². The maximum atomic E-state index is 8.30. The van der Waals surface area contributed by atoms with Gasteiger partial charge in [-0.1, -0.05) is 0 Å². The van der Waals surface area contributed by atoms with Crippen molar-refractivity contribution in [3.8, 4) is 0 Å². The second kappa shape index (κ2) is 4.78. The highest BCUT2D eigenvalue weighted by Crippen LogP contribution is 2.26. The molecule has 0 saturated carbocycles. The molecule has 2 N–H and O–H groups in total. The Bertz CT molecular complexity index is 195. The van der Waals surface area contributed by atoms with E-state index in [-0.39, 0.29) is 5.50 Å². The summed E-state index contributed by atoms with van der Waals surface area (Å²) in [7, 11) is 0. The summed E-state index contributed by atoms with van der Waals surface area (Å²) in [6, 6.07) is 0. The Kier molecular flexibility index (Phi) is 3.64. The van der Waals surface area contributed by atoms with E-state index in [4.69, 9.17) is 5.26 Å². The molecule has 2 saturated heterocycles. The van der Waals surface area contributed by atoms with Gasteiger partial charge in [0.25, 0.3) is 0 Å². The number of hydrazine groups is 1. The lowest BCUT2D eigenvalue weighted by molar-refractivity contribution is -0.245. The standard InChI is InChI=1S/C8H17N3O2S/c12-13-6-5-11-7-3-1-2-4-10(7)8(14)9-11/h7-9,12,14H,1-6H2. The molecule has 0 aromatic heterocycles. The van der Waals surface area contributed by atoms with Crippen molar-refractivity contribution in [3.05, 3.63) is 0 Å². The predicted octanol–water partition coefficient (Wildman–Crippen LogP) is 0.322. The maximum Gasteiger partial charge on any atom is 0.119 e. The molecule has 2 heterocycles. The highest BCUT2D eigenvalue weighted by molar-refractivity contribution is 7.80. The zero-order chi connectivity index (χ0) is 9.97. The summed E-state index contributed by atoms with van der Waals surface area (Å²) in [6.45, 7) is 2.12. The van der Waals surface area contributed by atoms with Crippen molar-refractivity contribution in [1.29, 1.82) is 0 Å². The summed E-state index contributed by atoms with van der Waals surface area (Å²) >= 11 is 4.47. The molecule has 0 aromatic rings. The molecule has 2 aliphatic rings. The smallest absolute Gasteiger partial charge is 0.119 e. The van der Waals surface area contributed by atoms with Crippen molar-refractivity contribution >= 4 is 12.6 Å². The Labute approximate surface area is 89.3 Å². The lowest BCUT2D eigenvalue weighted by Gasteiger charge is -2.33. The highest BCUT2D eigenvalue weighted by Gasteiger charge is 2.38. The average Bonchev–Trinajstić information content (AvgIpc) is 2.54. The van der Waals surface area contributed by atoms with Crippen LogP contribution in [0.2, 0.25) is 0 Å². The van der Waals surface area contributed by atoms with Crippen molar-refractivity contribution in [3.63, 3.8) is 0 Å². The number of nitrogens with one attached hydrogen (secondary N) is 1. The van der Waals surface area contributed by atoms with Crippen LogP contribution in [-0.2, 0) is 4.89 Å². The molecule has 14 heavy (non-hydrogen) atoms. The summed E-state index contributed by atoms with van der Waals surface area (Å²) in [5, 5.41) is 10.4. The number of fused-ring (bicyclic) bond motifs is 1. The summed E-state index contributed by atoms with van der Waals surface area (Å²) in [4.78, 5) is 6.43. The van der Waals surface area contributed by atoms with Gasteiger partial charge in [0.1, 0.15) is 5.50 Å². The summed E-state index contributed by atoms with van der Waals surface area (Å²) in [5.41, 5.74) is 3.37. The van der Waals surface area contributed by atoms with Crippen LogP contribution >= 0.6 is 12.6 Å². The number of rotatable bonds is 3. The fourth-order valence-electron chi connectivity index (χ4n) is 2.22. The van der Waals surface area contributed by atoms with Crippen LogP contribution in [0.25, 0.3) is 0 Å². The number of piperidine rings is 1. The van der Waals surface area contributed by atoms with Gasteiger partial charge >= 0.3 is 0 Å². The largest absolute Gasteiger partial charge is 0.262 e. The molecule has 0 aromatic carbocycles. The number of thiol groups is 1. The Balaban J connectivity index is 1.92. The molecule has 0 aliphatic carbocycles. The monoisotopic (exact) mass is 219 g/mol. The molecule has 0 radical (unpaired) electrons. The molecule has 0 amide bonds. The van der Waals surface area contributed by atoms with Crippen LogP contribution in [0.3, 0.4) is 0 Å². The van der Waals surface area contributed by atoms with Gasteiger partial charge in [0.2, 0.25) is 0 Å². The normalized spacial score (nSPS) is 34.7. The van der Waals surface area contributed by atoms with E-state index in [9.17, 15) is 0 Å². The van der Waals surface area contributed by atoms with Crippen molar-refractivity contribution in [1.82, 2.24) is 15.3 Å². The second-order valence-electron chi connectivity index (χ2n) is 3.74. The molecule has 0 bridgehead atoms. The molecule has 2 rings (SSSR count). The third kappa shape index (κ3) is 2.05. The van der Waals surface area contributed by atoms with Gasteiger partial charge in [-0.05, 0) is 19.3 Å². The van der Waals surface area contributed by atoms with Gasteiger partial charge in [-0.3, -0.25) is 10.2 Å². The van der Waals surface area contributed by atoms with Gasteiger partial charge in [0, 0.05) is 13.1 Å². The minimum atomic E-state index is 0.110. The van der Waals surface area contributed by atoms with Crippen LogP contribution in [0.15, 0.2) is 0 Å². The van der Waals surface area contributed by atoms with E-state index < -0.39 is 0 Å². The number of nitrogens with zero attached hydrogens (tertiary/aromatic N) is 2. The first-order valence-corrected chi connectivity index (χ1v) is 5.57. The maximum absolute atomic E-state index is 8.30. The quantitative estimate of drug-likeness (QED) is 0.362. The first-order chi connectivity index (χ1) is 6.83. The first kappa shape index (κ1) is 10.7. The van der Waals surface area contributed by atoms with E-state index in [0.29, 0.717) is 19.3 Å². The van der Waals surface area contributed by atoms with Crippen LogP contribution in [0.1, 0.15) is 19.3 Å². The van der Waals surface area contributed by atoms with E-state index in [1.54, 1.807) is 0 Å². The van der Waals surface area contributed by atoms with Gasteiger partial charge in [-0.15, -0.1) is 12.6 Å². The summed E-state index contributed by atoms with van der Waals surface area (Å²) < 4.78 is 0. The number of hydrogen-bond acceptors (Lipinski definition) is 6. The molecule has 2 aliphatic heterocycles. The van der Waals surface area contributed by atoms with Gasteiger partial charge in [0.15, 0.2) is 0 Å². The summed E-state index contributed by atoms with van der Waals surface area (Å²) in [5.74, 6) is 0. The molecule has 82 valence electrons. The van der Waals surface area contributed by atoms with Crippen LogP contribution in [0, 0.1) is 0 Å². The van der Waals surface area contributed by atoms with Crippen LogP contribution in [0.5, 0.6) is 0 Å². The SMILES string of the molecule is OOCCN1NC(S)N2CCCCC12. The molecular weight excluding hydrogens is 202 g/mol. The lowest BCUT2D eigenvalue weighted by atomic mass is 10.1. The van der Waals surface area contributed by atoms with Gasteiger partial charge in [0.05, 0.1) is 12.8 Å². The molecular formula is C8H17N3O2S. The van der Waals surface area contributed by atoms with E-state index in [0.717, 1.165) is 13.0 Å². The Morgan fingerprint density at radius 3 is 3.14 bits per heavy atom. The fourth-order valence-corrected chi connectivity index (χ4v) is 2.64. The molecule has 2 fully saturated rings. The minimum Gasteiger partial charge on any atom is -0.262 e. The Hall–Kier alpha value is 0.150. The molecule has 2 atom stereocenters. The molecule has 2 unspecified atom stereocenters. The third-order valence-electron chi connectivity index (χ3n) is 2.89. The van der Waals surface area contributed by atoms with Crippen LogP contribution in [-0.4, -0.2) is 46.5 Å². The van der Waals surface area contributed by atoms with Gasteiger partial charge in [-0.2, -0.15) is 0 Å². The predicted molar refractivity (Wildman–Crippen MR) is 55.5 cm³/mol. The van der Waals surface area contributed by atoms with Crippen molar-refractivity contribution < 1.29 is 10.1 Å². The zero-order valence-electron chi connectivity index (χ0n) is 8.09. The van der Waals surface area contributed by atoms with E-state index in [2.05, 4.69) is 32.9 Å². The lowest BCUT2D eigenvalue weighted by Crippen LogP contribution is -2.44. The molecule has 5 nitrogen and oxygen atoms in total. The van der Waals surface area contributed by atoms with Gasteiger partial charge in [-0.25, -0.2) is 15.3 Å². The minimum absolute atomic E-state index is 0.110.